The van der Waals surface area contributed by atoms with Gasteiger partial charge in [-0.25, -0.2) is 13.4 Å². The first-order chi connectivity index (χ1) is 11.4. The number of likely N-dealkylation sites (N-methyl/N-ethyl adjacent to an activating group) is 1. The molecule has 3 heterocycles. The van der Waals surface area contributed by atoms with E-state index < -0.39 is 10.0 Å². The number of piperidine rings is 1. The number of hydrogen-bond acceptors (Lipinski definition) is 5. The van der Waals surface area contributed by atoms with E-state index in [0.717, 1.165) is 38.9 Å². The zero-order chi connectivity index (χ0) is 17.4. The third-order valence-corrected chi connectivity index (χ3v) is 7.48. The van der Waals surface area contributed by atoms with Gasteiger partial charge >= 0.3 is 0 Å². The minimum atomic E-state index is -3.47. The highest BCUT2D eigenvalue weighted by Crippen LogP contribution is 2.41. The fourth-order valence-electron chi connectivity index (χ4n) is 4.04. The van der Waals surface area contributed by atoms with Crippen molar-refractivity contribution in [1.29, 1.82) is 0 Å². The quantitative estimate of drug-likeness (QED) is 0.790. The molecule has 2 fully saturated rings. The molecule has 0 aliphatic carbocycles. The Morgan fingerprint density at radius 1 is 1.29 bits per heavy atom. The van der Waals surface area contributed by atoms with Gasteiger partial charge in [0, 0.05) is 44.5 Å². The van der Waals surface area contributed by atoms with Gasteiger partial charge in [0.1, 0.15) is 0 Å². The predicted molar refractivity (Wildman–Crippen MR) is 91.2 cm³/mol. The molecule has 0 aromatic carbocycles. The Morgan fingerprint density at radius 3 is 2.58 bits per heavy atom. The van der Waals surface area contributed by atoms with Crippen LogP contribution in [0.15, 0.2) is 17.6 Å². The van der Waals surface area contributed by atoms with Crippen molar-refractivity contribution in [3.63, 3.8) is 0 Å². The summed E-state index contributed by atoms with van der Waals surface area (Å²) in [5, 5.41) is 0.148. The summed E-state index contributed by atoms with van der Waals surface area (Å²) < 4.78 is 34.3. The van der Waals surface area contributed by atoms with Crippen LogP contribution in [0.3, 0.4) is 0 Å². The minimum Gasteiger partial charge on any atom is -0.380 e. The molecular formula is C16H28N4O3S. The van der Waals surface area contributed by atoms with Crippen LogP contribution in [0, 0.1) is 0 Å². The second-order valence-corrected chi connectivity index (χ2v) is 8.85. The van der Waals surface area contributed by atoms with Gasteiger partial charge in [-0.15, -0.1) is 0 Å². The van der Waals surface area contributed by atoms with Gasteiger partial charge in [-0.05, 0) is 39.7 Å². The second-order valence-electron chi connectivity index (χ2n) is 6.97. The molecule has 2 saturated heterocycles. The predicted octanol–water partition coefficient (Wildman–Crippen LogP) is 1.07. The second kappa shape index (κ2) is 6.74. The SMILES string of the molecule is CCOCC1CCC2(CCN(S(=O)(=O)c3cn(C)cn3)CC2)N1C. The molecule has 24 heavy (non-hydrogen) atoms. The first-order valence-corrected chi connectivity index (χ1v) is 10.1. The number of nitrogens with zero attached hydrogens (tertiary/aromatic N) is 4. The lowest BCUT2D eigenvalue weighted by molar-refractivity contribution is 0.0343. The monoisotopic (exact) mass is 356 g/mol. The molecule has 0 bridgehead atoms. The third-order valence-electron chi connectivity index (χ3n) is 5.69. The lowest BCUT2D eigenvalue weighted by Gasteiger charge is -2.44. The van der Waals surface area contributed by atoms with Crippen LogP contribution < -0.4 is 0 Å². The lowest BCUT2D eigenvalue weighted by atomic mass is 9.86. The molecule has 7 nitrogen and oxygen atoms in total. The van der Waals surface area contributed by atoms with Crippen molar-refractivity contribution in [2.45, 2.75) is 49.2 Å². The highest BCUT2D eigenvalue weighted by atomic mass is 32.2. The Kier molecular flexibility index (Phi) is 5.01. The summed E-state index contributed by atoms with van der Waals surface area (Å²) in [5.41, 5.74) is 0.123. The summed E-state index contributed by atoms with van der Waals surface area (Å²) >= 11 is 0. The number of aryl methyl sites for hydroxylation is 1. The molecule has 1 aromatic rings. The van der Waals surface area contributed by atoms with Gasteiger partial charge in [-0.3, -0.25) is 4.90 Å². The topological polar surface area (TPSA) is 67.7 Å². The number of imidazole rings is 1. The maximum absolute atomic E-state index is 12.7. The highest BCUT2D eigenvalue weighted by molar-refractivity contribution is 7.89. The average molecular weight is 356 g/mol. The van der Waals surface area contributed by atoms with Crippen molar-refractivity contribution in [3.05, 3.63) is 12.5 Å². The number of likely N-dealkylation sites (tertiary alicyclic amines) is 1. The Bertz CT molecular complexity index is 665. The summed E-state index contributed by atoms with van der Waals surface area (Å²) in [5.74, 6) is 0. The van der Waals surface area contributed by atoms with Crippen LogP contribution in [-0.2, 0) is 21.8 Å². The van der Waals surface area contributed by atoms with E-state index in [-0.39, 0.29) is 10.6 Å². The molecule has 136 valence electrons. The van der Waals surface area contributed by atoms with Crippen LogP contribution in [0.25, 0.3) is 0 Å². The van der Waals surface area contributed by atoms with E-state index in [1.54, 1.807) is 22.1 Å². The van der Waals surface area contributed by atoms with Gasteiger partial charge in [0.2, 0.25) is 0 Å². The van der Waals surface area contributed by atoms with Crippen LogP contribution in [0.4, 0.5) is 0 Å². The van der Waals surface area contributed by atoms with Crippen molar-refractivity contribution in [3.8, 4) is 0 Å². The molecule has 0 saturated carbocycles. The molecule has 1 aromatic heterocycles. The van der Waals surface area contributed by atoms with Crippen LogP contribution in [-0.4, -0.2) is 72.1 Å². The molecule has 2 aliphatic heterocycles. The lowest BCUT2D eigenvalue weighted by Crippen LogP contribution is -2.54. The molecule has 1 unspecified atom stereocenters. The van der Waals surface area contributed by atoms with E-state index in [0.29, 0.717) is 19.1 Å². The molecule has 0 N–H and O–H groups in total. The summed E-state index contributed by atoms with van der Waals surface area (Å²) in [6.45, 7) is 4.65. The van der Waals surface area contributed by atoms with Crippen molar-refractivity contribution in [2.24, 2.45) is 7.05 Å². The van der Waals surface area contributed by atoms with Gasteiger partial charge in [0.15, 0.2) is 5.03 Å². The number of rotatable bonds is 5. The maximum Gasteiger partial charge on any atom is 0.262 e. The fourth-order valence-corrected chi connectivity index (χ4v) is 5.45. The highest BCUT2D eigenvalue weighted by Gasteiger charge is 2.47. The summed E-state index contributed by atoms with van der Waals surface area (Å²) in [4.78, 5) is 6.46. The van der Waals surface area contributed by atoms with Gasteiger partial charge in [0.25, 0.3) is 10.0 Å². The third kappa shape index (κ3) is 3.12. The van der Waals surface area contributed by atoms with Gasteiger partial charge in [-0.2, -0.15) is 4.31 Å². The maximum atomic E-state index is 12.7. The molecule has 8 heteroatoms. The Hall–Kier alpha value is -0.960. The fraction of sp³-hybridized carbons (Fsp3) is 0.812. The Balaban J connectivity index is 1.66. The summed E-state index contributed by atoms with van der Waals surface area (Å²) in [6.07, 6.45) is 7.10. The molecule has 2 aliphatic rings. The normalized spacial score (nSPS) is 25.5. The standard InChI is InChI=1S/C16H28N4O3S/c1-4-23-12-14-5-6-16(19(14)3)7-9-20(10-8-16)24(21,22)15-11-18(2)13-17-15/h11,13-14H,4-10,12H2,1-3H3. The van der Waals surface area contributed by atoms with E-state index in [4.69, 9.17) is 4.74 Å². The first-order valence-electron chi connectivity index (χ1n) is 8.68. The van der Waals surface area contributed by atoms with Crippen LogP contribution in [0.5, 0.6) is 0 Å². The molecule has 1 atom stereocenters. The van der Waals surface area contributed by atoms with E-state index in [1.807, 2.05) is 6.92 Å². The molecule has 0 amide bonds. The number of ether oxygens (including phenoxy) is 1. The van der Waals surface area contributed by atoms with Crippen molar-refractivity contribution in [2.75, 3.05) is 33.4 Å². The first kappa shape index (κ1) is 17.8. The summed E-state index contributed by atoms with van der Waals surface area (Å²) in [7, 11) is 0.473. The van der Waals surface area contributed by atoms with Crippen molar-refractivity contribution in [1.82, 2.24) is 18.8 Å². The Labute approximate surface area is 144 Å². The molecule has 0 radical (unpaired) electrons. The largest absolute Gasteiger partial charge is 0.380 e. The number of aromatic nitrogens is 2. The van der Waals surface area contributed by atoms with E-state index in [1.165, 1.54) is 6.33 Å². The van der Waals surface area contributed by atoms with Gasteiger partial charge < -0.3 is 9.30 Å². The van der Waals surface area contributed by atoms with Gasteiger partial charge in [-0.1, -0.05) is 0 Å². The zero-order valence-electron chi connectivity index (χ0n) is 14.8. The Morgan fingerprint density at radius 2 is 2.00 bits per heavy atom. The smallest absolute Gasteiger partial charge is 0.262 e. The zero-order valence-corrected chi connectivity index (χ0v) is 15.6. The van der Waals surface area contributed by atoms with E-state index in [2.05, 4.69) is 16.9 Å². The number of sulfonamides is 1. The van der Waals surface area contributed by atoms with Crippen LogP contribution in [0.2, 0.25) is 0 Å². The van der Waals surface area contributed by atoms with E-state index in [9.17, 15) is 8.42 Å². The van der Waals surface area contributed by atoms with Crippen LogP contribution in [0.1, 0.15) is 32.6 Å². The van der Waals surface area contributed by atoms with Crippen LogP contribution >= 0.6 is 0 Å². The van der Waals surface area contributed by atoms with Crippen molar-refractivity contribution >= 4 is 10.0 Å². The molecular weight excluding hydrogens is 328 g/mol. The minimum absolute atomic E-state index is 0.123. The molecule has 3 rings (SSSR count). The molecule has 1 spiro atoms. The average Bonchev–Trinajstić information content (AvgIpc) is 3.13. The van der Waals surface area contributed by atoms with Crippen molar-refractivity contribution < 1.29 is 13.2 Å². The number of hydrogen-bond donors (Lipinski definition) is 0. The van der Waals surface area contributed by atoms with Gasteiger partial charge in [0.05, 0.1) is 12.9 Å². The van der Waals surface area contributed by atoms with E-state index >= 15 is 0 Å². The summed E-state index contributed by atoms with van der Waals surface area (Å²) in [6, 6.07) is 0.448.